The highest BCUT2D eigenvalue weighted by Gasteiger charge is 2.06. The summed E-state index contributed by atoms with van der Waals surface area (Å²) in [6, 6.07) is 8.04. The van der Waals surface area contributed by atoms with Crippen LogP contribution >= 0.6 is 0 Å². The minimum absolute atomic E-state index is 0.0320. The summed E-state index contributed by atoms with van der Waals surface area (Å²) in [6.07, 6.45) is 0.452. The molecule has 0 bridgehead atoms. The molecule has 0 saturated heterocycles. The van der Waals surface area contributed by atoms with Gasteiger partial charge >= 0.3 is 0 Å². The molecule has 21 heavy (non-hydrogen) atoms. The molecule has 0 aliphatic carbocycles. The van der Waals surface area contributed by atoms with Crippen LogP contribution in [0.5, 0.6) is 0 Å². The van der Waals surface area contributed by atoms with Crippen molar-refractivity contribution in [3.05, 3.63) is 30.1 Å². The van der Waals surface area contributed by atoms with Gasteiger partial charge in [0.05, 0.1) is 24.2 Å². The fourth-order valence-electron chi connectivity index (χ4n) is 2.14. The Morgan fingerprint density at radius 2 is 2.14 bits per heavy atom. The van der Waals surface area contributed by atoms with Crippen molar-refractivity contribution in [1.82, 2.24) is 20.2 Å². The molecule has 0 unspecified atom stereocenters. The van der Waals surface area contributed by atoms with Crippen molar-refractivity contribution < 1.29 is 9.53 Å². The predicted molar refractivity (Wildman–Crippen MR) is 81.9 cm³/mol. The molecule has 114 valence electrons. The molecule has 1 amide bonds. The zero-order chi connectivity index (χ0) is 15.1. The Bertz CT molecular complexity index is 594. The molecule has 1 aromatic heterocycles. The number of hydrogen-bond donors (Lipinski definition) is 2. The van der Waals surface area contributed by atoms with Gasteiger partial charge in [-0.25, -0.2) is 4.98 Å². The van der Waals surface area contributed by atoms with Crippen LogP contribution in [-0.4, -0.2) is 42.3 Å². The Morgan fingerprint density at radius 3 is 2.90 bits per heavy atom. The molecular weight excluding hydrogens is 268 g/mol. The number of methoxy groups -OCH3 is 1. The lowest BCUT2D eigenvalue weighted by Gasteiger charge is -2.06. The van der Waals surface area contributed by atoms with E-state index in [1.54, 1.807) is 7.11 Å². The fraction of sp³-hybridized carbons (Fsp3) is 0.467. The zero-order valence-corrected chi connectivity index (χ0v) is 12.6. The zero-order valence-electron chi connectivity index (χ0n) is 12.6. The highest BCUT2D eigenvalue weighted by molar-refractivity contribution is 5.76. The average molecular weight is 290 g/mol. The van der Waals surface area contributed by atoms with Crippen LogP contribution in [0.2, 0.25) is 0 Å². The van der Waals surface area contributed by atoms with Crippen molar-refractivity contribution in [1.29, 1.82) is 0 Å². The minimum atomic E-state index is 0.0320. The van der Waals surface area contributed by atoms with Gasteiger partial charge in [-0.2, -0.15) is 0 Å². The van der Waals surface area contributed by atoms with Gasteiger partial charge in [-0.05, 0) is 12.1 Å². The van der Waals surface area contributed by atoms with Crippen LogP contribution in [0, 0.1) is 0 Å². The lowest BCUT2D eigenvalue weighted by Crippen LogP contribution is -2.30. The predicted octanol–water partition coefficient (Wildman–Crippen LogP) is 0.816. The summed E-state index contributed by atoms with van der Waals surface area (Å²) in [5.74, 6) is 1.00. The monoisotopic (exact) mass is 290 g/mol. The van der Waals surface area contributed by atoms with Crippen molar-refractivity contribution in [2.24, 2.45) is 7.05 Å². The van der Waals surface area contributed by atoms with Crippen molar-refractivity contribution in [3.8, 4) is 0 Å². The number of benzene rings is 1. The summed E-state index contributed by atoms with van der Waals surface area (Å²) in [4.78, 5) is 16.1. The summed E-state index contributed by atoms with van der Waals surface area (Å²) in [5.41, 5.74) is 2.11. The van der Waals surface area contributed by atoms with Gasteiger partial charge in [0, 0.05) is 33.7 Å². The van der Waals surface area contributed by atoms with E-state index in [1.807, 2.05) is 25.2 Å². The molecule has 2 rings (SSSR count). The number of nitrogens with one attached hydrogen (secondary N) is 2. The maximum absolute atomic E-state index is 11.5. The second kappa shape index (κ2) is 7.75. The van der Waals surface area contributed by atoms with Gasteiger partial charge in [-0.1, -0.05) is 12.1 Å². The Kier molecular flexibility index (Phi) is 5.71. The first-order valence-corrected chi connectivity index (χ1v) is 7.09. The molecule has 0 saturated carbocycles. The van der Waals surface area contributed by atoms with E-state index < -0.39 is 0 Å². The largest absolute Gasteiger partial charge is 0.383 e. The molecule has 1 heterocycles. The van der Waals surface area contributed by atoms with Gasteiger partial charge in [-0.15, -0.1) is 0 Å². The van der Waals surface area contributed by atoms with E-state index >= 15 is 0 Å². The van der Waals surface area contributed by atoms with E-state index in [4.69, 9.17) is 4.74 Å². The van der Waals surface area contributed by atoms with Crippen molar-refractivity contribution in [3.63, 3.8) is 0 Å². The van der Waals surface area contributed by atoms with Crippen LogP contribution in [0.3, 0.4) is 0 Å². The van der Waals surface area contributed by atoms with Gasteiger partial charge < -0.3 is 19.9 Å². The first-order chi connectivity index (χ1) is 10.2. The van der Waals surface area contributed by atoms with Gasteiger partial charge in [0.15, 0.2) is 0 Å². The maximum atomic E-state index is 11.5. The molecule has 0 aliphatic rings. The Morgan fingerprint density at radius 1 is 1.33 bits per heavy atom. The summed E-state index contributed by atoms with van der Waals surface area (Å²) in [5, 5.41) is 6.04. The summed E-state index contributed by atoms with van der Waals surface area (Å²) in [7, 11) is 3.62. The number of amides is 1. The normalized spacial score (nSPS) is 11.0. The van der Waals surface area contributed by atoms with E-state index in [2.05, 4.69) is 26.3 Å². The molecule has 0 radical (unpaired) electrons. The Balaban J connectivity index is 1.75. The van der Waals surface area contributed by atoms with Crippen LogP contribution < -0.4 is 10.6 Å². The number of para-hydroxylation sites is 2. The van der Waals surface area contributed by atoms with E-state index in [1.165, 1.54) is 0 Å². The smallest absolute Gasteiger partial charge is 0.221 e. The molecule has 0 atom stereocenters. The number of hydrogen-bond acceptors (Lipinski definition) is 4. The molecule has 0 aliphatic heterocycles. The van der Waals surface area contributed by atoms with Crippen molar-refractivity contribution in [2.75, 3.05) is 26.8 Å². The second-order valence-corrected chi connectivity index (χ2v) is 4.85. The van der Waals surface area contributed by atoms with Crippen molar-refractivity contribution in [2.45, 2.75) is 13.0 Å². The molecule has 1 aromatic carbocycles. The molecule has 6 nitrogen and oxygen atoms in total. The van der Waals surface area contributed by atoms with Crippen LogP contribution in [0.25, 0.3) is 11.0 Å². The third-order valence-electron chi connectivity index (χ3n) is 3.32. The molecule has 0 fully saturated rings. The lowest BCUT2D eigenvalue weighted by atomic mass is 10.3. The topological polar surface area (TPSA) is 68.2 Å². The van der Waals surface area contributed by atoms with E-state index in [0.29, 0.717) is 32.7 Å². The number of imidazole rings is 1. The number of rotatable bonds is 8. The van der Waals surface area contributed by atoms with Gasteiger partial charge in [0.2, 0.25) is 5.91 Å². The fourth-order valence-corrected chi connectivity index (χ4v) is 2.14. The van der Waals surface area contributed by atoms with Gasteiger partial charge in [0.1, 0.15) is 5.82 Å². The molecule has 2 N–H and O–H groups in total. The number of carbonyl (C=O) groups excluding carboxylic acids is 1. The van der Waals surface area contributed by atoms with Crippen LogP contribution in [-0.2, 0) is 23.1 Å². The number of aryl methyl sites for hydroxylation is 1. The van der Waals surface area contributed by atoms with Crippen LogP contribution in [0.15, 0.2) is 24.3 Å². The van der Waals surface area contributed by atoms with Crippen molar-refractivity contribution >= 4 is 16.9 Å². The average Bonchev–Trinajstić information content (AvgIpc) is 2.81. The number of nitrogens with zero attached hydrogens (tertiary/aromatic N) is 2. The SMILES string of the molecule is COCCNC(=O)CCNCc1nc2ccccc2n1C. The van der Waals surface area contributed by atoms with Gasteiger partial charge in [0.25, 0.3) is 0 Å². The molecule has 0 spiro atoms. The first kappa shape index (κ1) is 15.5. The Labute approximate surface area is 124 Å². The number of ether oxygens (including phenoxy) is 1. The summed E-state index contributed by atoms with van der Waals surface area (Å²) < 4.78 is 6.95. The third kappa shape index (κ3) is 4.27. The first-order valence-electron chi connectivity index (χ1n) is 7.09. The van der Waals surface area contributed by atoms with Crippen LogP contribution in [0.1, 0.15) is 12.2 Å². The number of aromatic nitrogens is 2. The number of fused-ring (bicyclic) bond motifs is 1. The highest BCUT2D eigenvalue weighted by Crippen LogP contribution is 2.13. The minimum Gasteiger partial charge on any atom is -0.383 e. The van der Waals surface area contributed by atoms with Gasteiger partial charge in [-0.3, -0.25) is 4.79 Å². The molecule has 6 heteroatoms. The molecule has 2 aromatic rings. The van der Waals surface area contributed by atoms with E-state index in [0.717, 1.165) is 16.9 Å². The Hall–Kier alpha value is -1.92. The second-order valence-electron chi connectivity index (χ2n) is 4.85. The maximum Gasteiger partial charge on any atom is 0.221 e. The van der Waals surface area contributed by atoms with E-state index in [9.17, 15) is 4.79 Å². The quantitative estimate of drug-likeness (QED) is 0.706. The summed E-state index contributed by atoms with van der Waals surface area (Å²) >= 11 is 0. The molecular formula is C15H22N4O2. The summed E-state index contributed by atoms with van der Waals surface area (Å²) in [6.45, 7) is 2.37. The highest BCUT2D eigenvalue weighted by atomic mass is 16.5. The third-order valence-corrected chi connectivity index (χ3v) is 3.32. The lowest BCUT2D eigenvalue weighted by molar-refractivity contribution is -0.121. The van der Waals surface area contributed by atoms with Crippen LogP contribution in [0.4, 0.5) is 0 Å². The standard InChI is InChI=1S/C15H22N4O2/c1-19-13-6-4-3-5-12(13)18-14(19)11-16-8-7-15(20)17-9-10-21-2/h3-6,16H,7-11H2,1-2H3,(H,17,20). The number of carbonyl (C=O) groups is 1. The van der Waals surface area contributed by atoms with E-state index in [-0.39, 0.29) is 5.91 Å².